The monoisotopic (exact) mass is 349 g/mol. The van der Waals surface area contributed by atoms with Gasteiger partial charge in [0.1, 0.15) is 0 Å². The second-order valence-electron chi connectivity index (χ2n) is 6.59. The van der Waals surface area contributed by atoms with E-state index in [1.807, 2.05) is 7.05 Å². The van der Waals surface area contributed by atoms with Crippen molar-refractivity contribution in [3.63, 3.8) is 0 Å². The fourth-order valence-electron chi connectivity index (χ4n) is 2.95. The molecule has 0 bridgehead atoms. The highest BCUT2D eigenvalue weighted by molar-refractivity contribution is 5.80. The molecule has 0 saturated heterocycles. The van der Waals surface area contributed by atoms with Crippen molar-refractivity contribution in [2.75, 3.05) is 47.6 Å². The minimum Gasteiger partial charge on any atom is -0.493 e. The van der Waals surface area contributed by atoms with Gasteiger partial charge in [-0.2, -0.15) is 0 Å². The quantitative estimate of drug-likeness (QED) is 0.465. The van der Waals surface area contributed by atoms with Crippen LogP contribution in [0.1, 0.15) is 25.0 Å². The number of nitrogens with zero attached hydrogens (tertiary/aromatic N) is 2. The molecule has 0 amide bonds. The van der Waals surface area contributed by atoms with Crippen LogP contribution in [0.25, 0.3) is 0 Å². The van der Waals surface area contributed by atoms with E-state index in [0.717, 1.165) is 50.1 Å². The second-order valence-corrected chi connectivity index (χ2v) is 6.59. The van der Waals surface area contributed by atoms with Crippen LogP contribution in [0.5, 0.6) is 11.5 Å². The smallest absolute Gasteiger partial charge is 0.194 e. The van der Waals surface area contributed by atoms with Gasteiger partial charge in [-0.15, -0.1) is 0 Å². The molecule has 1 aliphatic rings. The number of nitrogens with one attached hydrogen (secondary N) is 1. The average Bonchev–Trinajstić information content (AvgIpc) is 2.62. The van der Waals surface area contributed by atoms with Crippen molar-refractivity contribution in [2.24, 2.45) is 10.9 Å². The van der Waals surface area contributed by atoms with Crippen molar-refractivity contribution in [1.82, 2.24) is 10.2 Å². The summed E-state index contributed by atoms with van der Waals surface area (Å²) in [6, 6.07) is 4.15. The summed E-state index contributed by atoms with van der Waals surface area (Å²) in [4.78, 5) is 6.67. The summed E-state index contributed by atoms with van der Waals surface area (Å²) in [5.41, 5.74) is 2.56. The predicted molar refractivity (Wildman–Crippen MR) is 101 cm³/mol. The molecule has 0 radical (unpaired) electrons. The van der Waals surface area contributed by atoms with Gasteiger partial charge in [0.25, 0.3) is 0 Å². The molecule has 1 aromatic carbocycles. The van der Waals surface area contributed by atoms with E-state index in [1.54, 1.807) is 14.2 Å². The maximum Gasteiger partial charge on any atom is 0.194 e. The molecule has 25 heavy (non-hydrogen) atoms. The zero-order chi connectivity index (χ0) is 18.2. The summed E-state index contributed by atoms with van der Waals surface area (Å²) in [7, 11) is 5.16. The number of ether oxygens (including phenoxy) is 3. The summed E-state index contributed by atoms with van der Waals surface area (Å²) < 4.78 is 16.5. The fourth-order valence-corrected chi connectivity index (χ4v) is 2.95. The Morgan fingerprint density at radius 2 is 1.88 bits per heavy atom. The fraction of sp³-hybridized carbons (Fsp3) is 0.632. The van der Waals surface area contributed by atoms with Gasteiger partial charge in [0.2, 0.25) is 0 Å². The van der Waals surface area contributed by atoms with Gasteiger partial charge in [-0.1, -0.05) is 13.8 Å². The number of rotatable bonds is 7. The molecule has 1 N–H and O–H groups in total. The molecule has 0 fully saturated rings. The van der Waals surface area contributed by atoms with Gasteiger partial charge in [-0.3, -0.25) is 4.99 Å². The minimum atomic E-state index is 0.560. The van der Waals surface area contributed by atoms with Crippen LogP contribution < -0.4 is 14.8 Å². The lowest BCUT2D eigenvalue weighted by atomic mass is 9.99. The zero-order valence-electron chi connectivity index (χ0n) is 16.1. The molecule has 0 aromatic heterocycles. The van der Waals surface area contributed by atoms with E-state index in [0.29, 0.717) is 12.5 Å². The minimum absolute atomic E-state index is 0.560. The first-order valence-electron chi connectivity index (χ1n) is 8.86. The maximum absolute atomic E-state index is 5.62. The Kier molecular flexibility index (Phi) is 7.37. The number of methoxy groups -OCH3 is 2. The standard InChI is InChI=1S/C19H31N3O3/c1-14(2)13-25-9-7-21-19(20-3)22-8-6-15-10-17(23-4)18(24-5)11-16(15)12-22/h10-11,14H,6-9,12-13H2,1-5H3,(H,20,21). The van der Waals surface area contributed by atoms with Gasteiger partial charge in [0.15, 0.2) is 17.5 Å². The molecule has 1 heterocycles. The highest BCUT2D eigenvalue weighted by atomic mass is 16.5. The van der Waals surface area contributed by atoms with Crippen LogP contribution in [0, 0.1) is 5.92 Å². The Morgan fingerprint density at radius 1 is 1.20 bits per heavy atom. The second kappa shape index (κ2) is 9.51. The van der Waals surface area contributed by atoms with E-state index in [1.165, 1.54) is 11.1 Å². The van der Waals surface area contributed by atoms with Crippen LogP contribution in [0.3, 0.4) is 0 Å². The first kappa shape index (κ1) is 19.4. The number of guanidine groups is 1. The third-order valence-corrected chi connectivity index (χ3v) is 4.21. The van der Waals surface area contributed by atoms with Gasteiger partial charge in [-0.25, -0.2) is 0 Å². The molecule has 1 aliphatic heterocycles. The summed E-state index contributed by atoms with van der Waals surface area (Å²) in [6.07, 6.45) is 0.959. The summed E-state index contributed by atoms with van der Waals surface area (Å²) in [6.45, 7) is 8.28. The van der Waals surface area contributed by atoms with Crippen LogP contribution in [-0.4, -0.2) is 58.4 Å². The predicted octanol–water partition coefficient (Wildman–Crippen LogP) is 2.31. The van der Waals surface area contributed by atoms with Crippen molar-refractivity contribution in [3.8, 4) is 11.5 Å². The van der Waals surface area contributed by atoms with E-state index in [-0.39, 0.29) is 0 Å². The summed E-state index contributed by atoms with van der Waals surface area (Å²) in [5, 5.41) is 3.39. The van der Waals surface area contributed by atoms with Crippen LogP contribution in [-0.2, 0) is 17.7 Å². The van der Waals surface area contributed by atoms with Crippen molar-refractivity contribution in [2.45, 2.75) is 26.8 Å². The van der Waals surface area contributed by atoms with E-state index in [4.69, 9.17) is 14.2 Å². The Morgan fingerprint density at radius 3 is 2.48 bits per heavy atom. The van der Waals surface area contributed by atoms with Crippen molar-refractivity contribution >= 4 is 5.96 Å². The van der Waals surface area contributed by atoms with Gasteiger partial charge in [0, 0.05) is 33.3 Å². The first-order chi connectivity index (χ1) is 12.1. The lowest BCUT2D eigenvalue weighted by Crippen LogP contribution is -2.45. The van der Waals surface area contributed by atoms with Crippen LogP contribution >= 0.6 is 0 Å². The highest BCUT2D eigenvalue weighted by Gasteiger charge is 2.21. The Hall–Kier alpha value is -1.95. The molecule has 6 nitrogen and oxygen atoms in total. The van der Waals surface area contributed by atoms with Crippen LogP contribution in [0.2, 0.25) is 0 Å². The largest absolute Gasteiger partial charge is 0.493 e. The molecular formula is C19H31N3O3. The SMILES string of the molecule is CN=C(NCCOCC(C)C)N1CCc2cc(OC)c(OC)cc2C1. The lowest BCUT2D eigenvalue weighted by Gasteiger charge is -2.32. The number of benzene rings is 1. The third-order valence-electron chi connectivity index (χ3n) is 4.21. The molecular weight excluding hydrogens is 318 g/mol. The average molecular weight is 349 g/mol. The van der Waals surface area contributed by atoms with E-state index in [9.17, 15) is 0 Å². The molecule has 0 spiro atoms. The molecule has 140 valence electrons. The molecule has 0 saturated carbocycles. The van der Waals surface area contributed by atoms with Crippen LogP contribution in [0.4, 0.5) is 0 Å². The summed E-state index contributed by atoms with van der Waals surface area (Å²) >= 11 is 0. The van der Waals surface area contributed by atoms with Gasteiger partial charge >= 0.3 is 0 Å². The number of aliphatic imine (C=N–C) groups is 1. The number of fused-ring (bicyclic) bond motifs is 1. The van der Waals surface area contributed by atoms with E-state index < -0.39 is 0 Å². The van der Waals surface area contributed by atoms with Crippen molar-refractivity contribution < 1.29 is 14.2 Å². The Bertz CT molecular complexity index is 588. The molecule has 1 aromatic rings. The molecule has 0 aliphatic carbocycles. The number of hydrogen-bond donors (Lipinski definition) is 1. The van der Waals surface area contributed by atoms with E-state index >= 15 is 0 Å². The first-order valence-corrected chi connectivity index (χ1v) is 8.86. The third kappa shape index (κ3) is 5.26. The van der Waals surface area contributed by atoms with Crippen molar-refractivity contribution in [1.29, 1.82) is 0 Å². The van der Waals surface area contributed by atoms with Gasteiger partial charge in [-0.05, 0) is 35.6 Å². The Balaban J connectivity index is 1.95. The van der Waals surface area contributed by atoms with Gasteiger partial charge < -0.3 is 24.4 Å². The topological polar surface area (TPSA) is 55.3 Å². The van der Waals surface area contributed by atoms with E-state index in [2.05, 4.69) is 41.2 Å². The molecule has 2 rings (SSSR count). The zero-order valence-corrected chi connectivity index (χ0v) is 16.1. The van der Waals surface area contributed by atoms with Crippen LogP contribution in [0.15, 0.2) is 17.1 Å². The number of hydrogen-bond acceptors (Lipinski definition) is 4. The molecule has 0 unspecified atom stereocenters. The lowest BCUT2D eigenvalue weighted by molar-refractivity contribution is 0.113. The molecule has 6 heteroatoms. The Labute approximate surface area is 151 Å². The normalized spacial score (nSPS) is 14.5. The highest BCUT2D eigenvalue weighted by Crippen LogP contribution is 2.33. The summed E-state index contributed by atoms with van der Waals surface area (Å²) in [5.74, 6) is 3.03. The molecule has 0 atom stereocenters. The van der Waals surface area contributed by atoms with Gasteiger partial charge in [0.05, 0.1) is 20.8 Å². The maximum atomic E-state index is 5.62. The van der Waals surface area contributed by atoms with Crippen molar-refractivity contribution in [3.05, 3.63) is 23.3 Å².